The second-order valence-corrected chi connectivity index (χ2v) is 8.00. The Labute approximate surface area is 187 Å². The van der Waals surface area contributed by atoms with Crippen molar-refractivity contribution in [1.82, 2.24) is 14.5 Å². The summed E-state index contributed by atoms with van der Waals surface area (Å²) in [5.41, 5.74) is 0.561. The van der Waals surface area contributed by atoms with E-state index in [2.05, 4.69) is 9.55 Å². The molecule has 0 N–H and O–H groups in total. The third-order valence-corrected chi connectivity index (χ3v) is 6.05. The summed E-state index contributed by atoms with van der Waals surface area (Å²) < 4.78 is 27.2. The zero-order valence-electron chi connectivity index (χ0n) is 18.5. The van der Waals surface area contributed by atoms with Crippen molar-refractivity contribution in [3.05, 3.63) is 66.0 Å². The van der Waals surface area contributed by atoms with Gasteiger partial charge in [-0.25, -0.2) is 9.37 Å². The number of nitrogens with zero attached hydrogens (tertiary/aromatic N) is 3. The third-order valence-electron chi connectivity index (χ3n) is 6.05. The van der Waals surface area contributed by atoms with Crippen LogP contribution in [0.5, 0.6) is 0 Å². The van der Waals surface area contributed by atoms with Crippen LogP contribution in [0.2, 0.25) is 0 Å². The zero-order chi connectivity index (χ0) is 22.3. The number of hydrogen-bond acceptors (Lipinski definition) is 4. The molecule has 1 saturated heterocycles. The van der Waals surface area contributed by atoms with Crippen molar-refractivity contribution in [3.8, 4) is 0 Å². The number of amides is 1. The van der Waals surface area contributed by atoms with E-state index < -0.39 is 0 Å². The van der Waals surface area contributed by atoms with E-state index in [0.29, 0.717) is 61.8 Å². The number of ether oxygens (including phenoxy) is 2. The molecular weight excluding hydrogens is 409 g/mol. The van der Waals surface area contributed by atoms with E-state index in [9.17, 15) is 9.18 Å². The molecule has 0 aliphatic carbocycles. The van der Waals surface area contributed by atoms with Crippen molar-refractivity contribution in [2.45, 2.75) is 32.2 Å². The van der Waals surface area contributed by atoms with Crippen LogP contribution in [0, 0.1) is 5.82 Å². The van der Waals surface area contributed by atoms with Gasteiger partial charge in [0.05, 0.1) is 19.8 Å². The SMILES string of the molecule is CCOCCOCCn1ccnc1C1CCN(C(=O)c2ccc(F)c3ccccc23)CC1. The van der Waals surface area contributed by atoms with Crippen molar-refractivity contribution < 1.29 is 18.7 Å². The second-order valence-electron chi connectivity index (χ2n) is 8.00. The highest BCUT2D eigenvalue weighted by molar-refractivity contribution is 6.07. The van der Waals surface area contributed by atoms with Crippen LogP contribution in [0.25, 0.3) is 10.8 Å². The van der Waals surface area contributed by atoms with Gasteiger partial charge in [-0.3, -0.25) is 4.79 Å². The number of aromatic nitrogens is 2. The Kier molecular flexibility index (Phi) is 7.50. The first-order valence-electron chi connectivity index (χ1n) is 11.3. The monoisotopic (exact) mass is 439 g/mol. The van der Waals surface area contributed by atoms with Crippen LogP contribution in [0.1, 0.15) is 41.9 Å². The molecule has 2 aromatic carbocycles. The van der Waals surface area contributed by atoms with Crippen molar-refractivity contribution in [1.29, 1.82) is 0 Å². The molecule has 170 valence electrons. The number of fused-ring (bicyclic) bond motifs is 1. The van der Waals surface area contributed by atoms with E-state index in [1.807, 2.05) is 36.4 Å². The molecule has 1 aliphatic rings. The molecule has 0 unspecified atom stereocenters. The molecule has 2 heterocycles. The smallest absolute Gasteiger partial charge is 0.254 e. The van der Waals surface area contributed by atoms with E-state index in [1.165, 1.54) is 6.07 Å². The average Bonchev–Trinajstić information content (AvgIpc) is 3.30. The van der Waals surface area contributed by atoms with E-state index in [0.717, 1.165) is 25.2 Å². The molecular formula is C25H30FN3O3. The number of carbonyl (C=O) groups is 1. The van der Waals surface area contributed by atoms with Gasteiger partial charge < -0.3 is 18.9 Å². The fourth-order valence-corrected chi connectivity index (χ4v) is 4.36. The van der Waals surface area contributed by atoms with Crippen molar-refractivity contribution >= 4 is 16.7 Å². The number of hydrogen-bond donors (Lipinski definition) is 0. The van der Waals surface area contributed by atoms with Crippen LogP contribution >= 0.6 is 0 Å². The Morgan fingerprint density at radius 3 is 2.59 bits per heavy atom. The number of likely N-dealkylation sites (tertiary alicyclic amines) is 1. The minimum Gasteiger partial charge on any atom is -0.379 e. The van der Waals surface area contributed by atoms with E-state index in [1.54, 1.807) is 18.2 Å². The summed E-state index contributed by atoms with van der Waals surface area (Å²) >= 11 is 0. The van der Waals surface area contributed by atoms with Crippen molar-refractivity contribution in [2.75, 3.05) is 39.5 Å². The third kappa shape index (κ3) is 5.00. The Morgan fingerprint density at radius 2 is 1.81 bits per heavy atom. The minimum atomic E-state index is -0.301. The molecule has 4 rings (SSSR count). The lowest BCUT2D eigenvalue weighted by molar-refractivity contribution is 0.0492. The molecule has 1 fully saturated rings. The second kappa shape index (κ2) is 10.7. The average molecular weight is 440 g/mol. The normalized spacial score (nSPS) is 14.9. The lowest BCUT2D eigenvalue weighted by Crippen LogP contribution is -2.38. The highest BCUT2D eigenvalue weighted by atomic mass is 19.1. The standard InChI is InChI=1S/C25H30FN3O3/c1-2-31-17-18-32-16-15-28-14-11-27-24(28)19-9-12-29(13-10-19)25(30)22-7-8-23(26)21-6-4-3-5-20(21)22/h3-8,11,14,19H,2,9-10,12-13,15-18H2,1H3. The Morgan fingerprint density at radius 1 is 1.06 bits per heavy atom. The van der Waals surface area contributed by atoms with Gasteiger partial charge in [0.2, 0.25) is 0 Å². The molecule has 0 radical (unpaired) electrons. The fraction of sp³-hybridized carbons (Fsp3) is 0.440. The van der Waals surface area contributed by atoms with Gasteiger partial charge >= 0.3 is 0 Å². The van der Waals surface area contributed by atoms with Crippen LogP contribution in [-0.4, -0.2) is 59.9 Å². The minimum absolute atomic E-state index is 0.0364. The first-order chi connectivity index (χ1) is 15.7. The highest BCUT2D eigenvalue weighted by Gasteiger charge is 2.27. The molecule has 3 aromatic rings. The van der Waals surface area contributed by atoms with Crippen LogP contribution in [0.3, 0.4) is 0 Å². The van der Waals surface area contributed by atoms with Crippen molar-refractivity contribution in [3.63, 3.8) is 0 Å². The summed E-state index contributed by atoms with van der Waals surface area (Å²) in [6.45, 7) is 6.57. The maximum atomic E-state index is 14.1. The molecule has 0 atom stereocenters. The van der Waals surface area contributed by atoms with E-state index in [-0.39, 0.29) is 11.7 Å². The van der Waals surface area contributed by atoms with Gasteiger partial charge in [0.1, 0.15) is 11.6 Å². The molecule has 0 bridgehead atoms. The van der Waals surface area contributed by atoms with Gasteiger partial charge in [-0.15, -0.1) is 0 Å². The van der Waals surface area contributed by atoms with Gasteiger partial charge in [-0.1, -0.05) is 24.3 Å². The lowest BCUT2D eigenvalue weighted by atomic mass is 9.94. The van der Waals surface area contributed by atoms with Crippen LogP contribution in [0.4, 0.5) is 4.39 Å². The summed E-state index contributed by atoms with van der Waals surface area (Å²) in [5.74, 6) is 1.02. The number of piperidine rings is 1. The number of carbonyl (C=O) groups excluding carboxylic acids is 1. The Hall–Kier alpha value is -2.77. The summed E-state index contributed by atoms with van der Waals surface area (Å²) in [5, 5.41) is 1.15. The number of rotatable bonds is 9. The van der Waals surface area contributed by atoms with Crippen LogP contribution in [-0.2, 0) is 16.0 Å². The first-order valence-corrected chi connectivity index (χ1v) is 11.3. The van der Waals surface area contributed by atoms with Gasteiger partial charge in [-0.05, 0) is 37.3 Å². The van der Waals surface area contributed by atoms with Gasteiger partial charge in [0.15, 0.2) is 0 Å². The predicted molar refractivity (Wildman–Crippen MR) is 121 cm³/mol. The Bertz CT molecular complexity index is 1040. The predicted octanol–water partition coefficient (Wildman–Crippen LogP) is 4.25. The van der Waals surface area contributed by atoms with Crippen LogP contribution in [0.15, 0.2) is 48.8 Å². The van der Waals surface area contributed by atoms with Gasteiger partial charge in [0, 0.05) is 55.5 Å². The highest BCUT2D eigenvalue weighted by Crippen LogP contribution is 2.29. The molecule has 7 heteroatoms. The Balaban J connectivity index is 1.35. The van der Waals surface area contributed by atoms with Crippen LogP contribution < -0.4 is 0 Å². The maximum Gasteiger partial charge on any atom is 0.254 e. The van der Waals surface area contributed by atoms with Gasteiger partial charge in [-0.2, -0.15) is 0 Å². The van der Waals surface area contributed by atoms with Crippen molar-refractivity contribution in [2.24, 2.45) is 0 Å². The maximum absolute atomic E-state index is 14.1. The summed E-state index contributed by atoms with van der Waals surface area (Å²) in [7, 11) is 0. The largest absolute Gasteiger partial charge is 0.379 e. The molecule has 6 nitrogen and oxygen atoms in total. The topological polar surface area (TPSA) is 56.6 Å². The first kappa shape index (κ1) is 22.4. The fourth-order valence-electron chi connectivity index (χ4n) is 4.36. The summed E-state index contributed by atoms with van der Waals surface area (Å²) in [6, 6.07) is 10.1. The molecule has 32 heavy (non-hydrogen) atoms. The molecule has 1 amide bonds. The quantitative estimate of drug-likeness (QED) is 0.468. The number of imidazole rings is 1. The zero-order valence-corrected chi connectivity index (χ0v) is 18.5. The van der Waals surface area contributed by atoms with E-state index >= 15 is 0 Å². The lowest BCUT2D eigenvalue weighted by Gasteiger charge is -2.32. The molecule has 0 saturated carbocycles. The summed E-state index contributed by atoms with van der Waals surface area (Å²) in [6.07, 6.45) is 5.53. The molecule has 0 spiro atoms. The molecule has 1 aromatic heterocycles. The van der Waals surface area contributed by atoms with Gasteiger partial charge in [0.25, 0.3) is 5.91 Å². The van der Waals surface area contributed by atoms with E-state index in [4.69, 9.17) is 9.47 Å². The number of halogens is 1. The number of benzene rings is 2. The summed E-state index contributed by atoms with van der Waals surface area (Å²) in [4.78, 5) is 19.7. The molecule has 1 aliphatic heterocycles.